The highest BCUT2D eigenvalue weighted by molar-refractivity contribution is 5.69. The fraction of sp³-hybridized carbons (Fsp3) is 0.650. The first-order chi connectivity index (χ1) is 10.8. The van der Waals surface area contributed by atoms with Gasteiger partial charge in [0, 0.05) is 12.5 Å². The van der Waals surface area contributed by atoms with E-state index < -0.39 is 0 Å². The third-order valence-electron chi connectivity index (χ3n) is 4.98. The number of hydrogen-bond acceptors (Lipinski definition) is 3. The van der Waals surface area contributed by atoms with Crippen molar-refractivity contribution in [3.63, 3.8) is 0 Å². The average Bonchev–Trinajstić information content (AvgIpc) is 2.49. The van der Waals surface area contributed by atoms with Gasteiger partial charge in [-0.3, -0.25) is 4.79 Å². The number of carbonyl (C=O) groups is 1. The van der Waals surface area contributed by atoms with Crippen molar-refractivity contribution in [1.82, 2.24) is 0 Å². The molecule has 3 nitrogen and oxygen atoms in total. The van der Waals surface area contributed by atoms with Crippen LogP contribution in [0.1, 0.15) is 70.4 Å². The third-order valence-corrected chi connectivity index (χ3v) is 4.98. The molecule has 2 N–H and O–H groups in total. The van der Waals surface area contributed by atoms with Gasteiger partial charge in [-0.15, -0.1) is 0 Å². The number of ether oxygens (including phenoxy) is 1. The van der Waals surface area contributed by atoms with Gasteiger partial charge < -0.3 is 10.5 Å². The van der Waals surface area contributed by atoms with Crippen LogP contribution in [0.25, 0.3) is 0 Å². The van der Waals surface area contributed by atoms with Crippen molar-refractivity contribution in [2.24, 2.45) is 11.7 Å². The van der Waals surface area contributed by atoms with E-state index in [4.69, 9.17) is 10.5 Å². The van der Waals surface area contributed by atoms with E-state index in [2.05, 4.69) is 45.0 Å². The summed E-state index contributed by atoms with van der Waals surface area (Å²) in [6.45, 7) is 8.99. The van der Waals surface area contributed by atoms with Crippen LogP contribution in [0.2, 0.25) is 0 Å². The summed E-state index contributed by atoms with van der Waals surface area (Å²) in [5.41, 5.74) is 9.18. The predicted molar refractivity (Wildman–Crippen MR) is 94.4 cm³/mol. The van der Waals surface area contributed by atoms with E-state index in [1.807, 2.05) is 6.92 Å². The van der Waals surface area contributed by atoms with E-state index in [9.17, 15) is 4.79 Å². The van der Waals surface area contributed by atoms with Crippen LogP contribution in [0.15, 0.2) is 24.3 Å². The maximum Gasteiger partial charge on any atom is 0.306 e. The molecule has 1 aliphatic rings. The standard InChI is InChI=1S/C20H31NO2/c1-5-23-19(22)13-14-6-11-18(21)17(12-14)15-7-9-16(10-8-15)20(2,3)4/h7-10,14,17-18H,5-6,11-13,21H2,1-4H3/t14-,17+,18-/m1/s1. The molecule has 1 aliphatic carbocycles. The van der Waals surface area contributed by atoms with Crippen LogP contribution in [0, 0.1) is 5.92 Å². The molecule has 0 radical (unpaired) electrons. The molecule has 1 saturated carbocycles. The summed E-state index contributed by atoms with van der Waals surface area (Å²) in [5, 5.41) is 0. The number of esters is 1. The summed E-state index contributed by atoms with van der Waals surface area (Å²) in [5.74, 6) is 0.660. The SMILES string of the molecule is CCOC(=O)C[C@@H]1CC[C@@H](N)[C@H](c2ccc(C(C)(C)C)cc2)C1. The van der Waals surface area contributed by atoms with E-state index in [0.29, 0.717) is 24.9 Å². The normalized spacial score (nSPS) is 25.2. The molecule has 0 spiro atoms. The molecule has 23 heavy (non-hydrogen) atoms. The fourth-order valence-corrected chi connectivity index (χ4v) is 3.54. The zero-order valence-electron chi connectivity index (χ0n) is 15.0. The van der Waals surface area contributed by atoms with Crippen molar-refractivity contribution in [1.29, 1.82) is 0 Å². The van der Waals surface area contributed by atoms with Crippen molar-refractivity contribution in [2.45, 2.75) is 70.8 Å². The minimum absolute atomic E-state index is 0.0743. The van der Waals surface area contributed by atoms with Gasteiger partial charge in [-0.2, -0.15) is 0 Å². The maximum atomic E-state index is 11.7. The number of rotatable bonds is 4. The van der Waals surface area contributed by atoms with Crippen LogP contribution in [-0.2, 0) is 14.9 Å². The van der Waals surface area contributed by atoms with Gasteiger partial charge in [0.1, 0.15) is 0 Å². The maximum absolute atomic E-state index is 11.7. The molecule has 3 atom stereocenters. The largest absolute Gasteiger partial charge is 0.466 e. The van der Waals surface area contributed by atoms with Crippen molar-refractivity contribution in [3.8, 4) is 0 Å². The molecule has 0 aliphatic heterocycles. The molecule has 1 fully saturated rings. The number of hydrogen-bond donors (Lipinski definition) is 1. The Bertz CT molecular complexity index is 515. The molecule has 0 bridgehead atoms. The molecule has 0 unspecified atom stereocenters. The Hall–Kier alpha value is -1.35. The van der Waals surface area contributed by atoms with E-state index >= 15 is 0 Å². The topological polar surface area (TPSA) is 52.3 Å². The summed E-state index contributed by atoms with van der Waals surface area (Å²) in [6.07, 6.45) is 3.51. The molecule has 0 aromatic heterocycles. The van der Waals surface area contributed by atoms with E-state index in [1.165, 1.54) is 11.1 Å². The second-order valence-corrected chi connectivity index (χ2v) is 7.83. The van der Waals surface area contributed by atoms with Crippen LogP contribution in [0.3, 0.4) is 0 Å². The monoisotopic (exact) mass is 317 g/mol. The Balaban J connectivity index is 2.06. The average molecular weight is 317 g/mol. The lowest BCUT2D eigenvalue weighted by atomic mass is 9.73. The molecule has 3 heteroatoms. The molecule has 0 saturated heterocycles. The van der Waals surface area contributed by atoms with Gasteiger partial charge in [-0.1, -0.05) is 45.0 Å². The smallest absolute Gasteiger partial charge is 0.306 e. The van der Waals surface area contributed by atoms with Gasteiger partial charge in [0.25, 0.3) is 0 Å². The fourth-order valence-electron chi connectivity index (χ4n) is 3.54. The van der Waals surface area contributed by atoms with Crippen molar-refractivity contribution in [3.05, 3.63) is 35.4 Å². The number of carbonyl (C=O) groups excluding carboxylic acids is 1. The van der Waals surface area contributed by atoms with Gasteiger partial charge in [0.2, 0.25) is 0 Å². The summed E-state index contributed by atoms with van der Waals surface area (Å²) < 4.78 is 5.10. The Labute approximate surface area is 140 Å². The molecule has 1 aromatic carbocycles. The van der Waals surface area contributed by atoms with Crippen LogP contribution < -0.4 is 5.73 Å². The predicted octanol–water partition coefficient (Wildman–Crippen LogP) is 4.15. The van der Waals surface area contributed by atoms with Gasteiger partial charge in [0.05, 0.1) is 6.61 Å². The summed E-state index contributed by atoms with van der Waals surface area (Å²) in [6, 6.07) is 9.07. The first-order valence-corrected chi connectivity index (χ1v) is 8.83. The quantitative estimate of drug-likeness (QED) is 0.849. The third kappa shape index (κ3) is 4.81. The minimum atomic E-state index is -0.0743. The zero-order valence-corrected chi connectivity index (χ0v) is 15.0. The van der Waals surface area contributed by atoms with Crippen LogP contribution in [0.5, 0.6) is 0 Å². The number of nitrogens with two attached hydrogens (primary N) is 1. The summed E-state index contributed by atoms with van der Waals surface area (Å²) in [7, 11) is 0. The highest BCUT2D eigenvalue weighted by atomic mass is 16.5. The van der Waals surface area contributed by atoms with Crippen LogP contribution in [0.4, 0.5) is 0 Å². The second kappa shape index (κ2) is 7.48. The summed E-state index contributed by atoms with van der Waals surface area (Å²) in [4.78, 5) is 11.7. The molecule has 128 valence electrons. The first-order valence-electron chi connectivity index (χ1n) is 8.83. The van der Waals surface area contributed by atoms with E-state index in [1.54, 1.807) is 0 Å². The number of benzene rings is 1. The van der Waals surface area contributed by atoms with E-state index in [-0.39, 0.29) is 17.4 Å². The van der Waals surface area contributed by atoms with Gasteiger partial charge in [-0.25, -0.2) is 0 Å². The summed E-state index contributed by atoms with van der Waals surface area (Å²) >= 11 is 0. The molecule has 2 rings (SSSR count). The zero-order chi connectivity index (χ0) is 17.0. The lowest BCUT2D eigenvalue weighted by Crippen LogP contribution is -2.35. The Morgan fingerprint density at radius 3 is 2.43 bits per heavy atom. The van der Waals surface area contributed by atoms with Gasteiger partial charge in [0.15, 0.2) is 0 Å². The molecular formula is C20H31NO2. The van der Waals surface area contributed by atoms with Crippen molar-refractivity contribution < 1.29 is 9.53 Å². The Kier molecular flexibility index (Phi) is 5.85. The molecule has 1 aromatic rings. The lowest BCUT2D eigenvalue weighted by Gasteiger charge is -2.34. The van der Waals surface area contributed by atoms with Crippen LogP contribution in [-0.4, -0.2) is 18.6 Å². The first kappa shape index (κ1) is 18.0. The van der Waals surface area contributed by atoms with Crippen molar-refractivity contribution >= 4 is 5.97 Å². The Morgan fingerprint density at radius 1 is 1.22 bits per heavy atom. The minimum Gasteiger partial charge on any atom is -0.466 e. The lowest BCUT2D eigenvalue weighted by molar-refractivity contribution is -0.144. The molecular weight excluding hydrogens is 286 g/mol. The second-order valence-electron chi connectivity index (χ2n) is 7.83. The molecule has 0 heterocycles. The highest BCUT2D eigenvalue weighted by Crippen LogP contribution is 2.37. The van der Waals surface area contributed by atoms with Gasteiger partial charge >= 0.3 is 5.97 Å². The van der Waals surface area contributed by atoms with Crippen LogP contribution >= 0.6 is 0 Å². The van der Waals surface area contributed by atoms with Crippen molar-refractivity contribution in [2.75, 3.05) is 6.61 Å². The molecule has 0 amide bonds. The Morgan fingerprint density at radius 2 is 1.87 bits per heavy atom. The van der Waals surface area contributed by atoms with Gasteiger partial charge in [-0.05, 0) is 54.6 Å². The van der Waals surface area contributed by atoms with E-state index in [0.717, 1.165) is 19.3 Å². The highest BCUT2D eigenvalue weighted by Gasteiger charge is 2.30.